The molecule has 0 N–H and O–H groups in total. The van der Waals surface area contributed by atoms with Gasteiger partial charge in [-0.2, -0.15) is 0 Å². The fraction of sp³-hybridized carbons (Fsp3) is 0.235. The van der Waals surface area contributed by atoms with Gasteiger partial charge >= 0.3 is 0 Å². The van der Waals surface area contributed by atoms with Crippen molar-refractivity contribution in [2.45, 2.75) is 52.4 Å². The lowest BCUT2D eigenvalue weighted by Crippen LogP contribution is -2.12. The van der Waals surface area contributed by atoms with Gasteiger partial charge in [-0.3, -0.25) is 14.5 Å². The number of para-hydroxylation sites is 1. The van der Waals surface area contributed by atoms with E-state index in [9.17, 15) is 0 Å². The van der Waals surface area contributed by atoms with Crippen molar-refractivity contribution in [3.63, 3.8) is 0 Å². The standard InChI is InChI=1S/C34H33N5O/c1-33(2,3)24-11-13-36-30(17-24)39-28-10-8-7-9-27(28)32-29(39)16-23(20-38-32)22-15-26(21-35-19-22)40-31-18-25(12-14-37-31)34(4,5)6/h7-21H,1-6H3. The molecule has 0 aliphatic rings. The van der Waals surface area contributed by atoms with Crippen LogP contribution >= 0.6 is 0 Å². The normalized spacial score (nSPS) is 12.2. The van der Waals surface area contributed by atoms with Crippen LogP contribution in [0.3, 0.4) is 0 Å². The molecule has 0 atom stereocenters. The second-order valence-corrected chi connectivity index (χ2v) is 12.2. The number of hydrogen-bond donors (Lipinski definition) is 0. The molecule has 6 heteroatoms. The van der Waals surface area contributed by atoms with Gasteiger partial charge in [0.05, 0.1) is 22.7 Å². The summed E-state index contributed by atoms with van der Waals surface area (Å²) in [6, 6.07) is 20.7. The molecule has 40 heavy (non-hydrogen) atoms. The topological polar surface area (TPSA) is 65.7 Å². The molecule has 1 aromatic carbocycles. The molecule has 0 amide bonds. The molecule has 6 aromatic rings. The lowest BCUT2D eigenvalue weighted by atomic mass is 9.88. The molecule has 0 saturated heterocycles. The summed E-state index contributed by atoms with van der Waals surface area (Å²) < 4.78 is 8.34. The predicted octanol–water partition coefficient (Wildman–Crippen LogP) is 8.42. The molecule has 0 saturated carbocycles. The zero-order valence-corrected chi connectivity index (χ0v) is 23.8. The molecule has 5 aromatic heterocycles. The van der Waals surface area contributed by atoms with Gasteiger partial charge < -0.3 is 4.74 Å². The Hall–Kier alpha value is -4.58. The summed E-state index contributed by atoms with van der Waals surface area (Å²) in [7, 11) is 0. The van der Waals surface area contributed by atoms with Gasteiger partial charge in [0.25, 0.3) is 0 Å². The second kappa shape index (κ2) is 9.56. The van der Waals surface area contributed by atoms with Crippen LogP contribution in [0, 0.1) is 0 Å². The van der Waals surface area contributed by atoms with Crippen molar-refractivity contribution < 1.29 is 4.74 Å². The van der Waals surface area contributed by atoms with Gasteiger partial charge in [-0.05, 0) is 58.4 Å². The van der Waals surface area contributed by atoms with Gasteiger partial charge in [0.1, 0.15) is 11.6 Å². The maximum absolute atomic E-state index is 6.14. The molecular formula is C34H33N5O. The van der Waals surface area contributed by atoms with Crippen molar-refractivity contribution in [1.82, 2.24) is 24.5 Å². The van der Waals surface area contributed by atoms with E-state index in [1.807, 2.05) is 42.9 Å². The van der Waals surface area contributed by atoms with Crippen LogP contribution in [0.15, 0.2) is 91.6 Å². The molecule has 5 heterocycles. The van der Waals surface area contributed by atoms with Crippen LogP contribution in [0.2, 0.25) is 0 Å². The largest absolute Gasteiger partial charge is 0.437 e. The maximum atomic E-state index is 6.14. The monoisotopic (exact) mass is 527 g/mol. The molecule has 0 unspecified atom stereocenters. The SMILES string of the molecule is CC(C)(C)c1ccnc(Oc2cncc(-c3cnc4c5ccccc5n(-c5cc(C(C)(C)C)ccn5)c4c3)c2)c1. The van der Waals surface area contributed by atoms with Crippen LogP contribution in [0.5, 0.6) is 11.6 Å². The molecule has 0 radical (unpaired) electrons. The highest BCUT2D eigenvalue weighted by Crippen LogP contribution is 2.35. The van der Waals surface area contributed by atoms with E-state index in [4.69, 9.17) is 14.7 Å². The highest BCUT2D eigenvalue weighted by Gasteiger charge is 2.19. The number of pyridine rings is 4. The molecule has 0 spiro atoms. The van der Waals surface area contributed by atoms with Crippen LogP contribution in [0.4, 0.5) is 0 Å². The van der Waals surface area contributed by atoms with E-state index in [2.05, 4.69) is 92.5 Å². The van der Waals surface area contributed by atoms with Crippen LogP contribution in [0.1, 0.15) is 52.7 Å². The van der Waals surface area contributed by atoms with E-state index in [-0.39, 0.29) is 10.8 Å². The number of fused-ring (bicyclic) bond motifs is 3. The van der Waals surface area contributed by atoms with Gasteiger partial charge in [-0.15, -0.1) is 0 Å². The minimum atomic E-state index is 0.00193. The van der Waals surface area contributed by atoms with Crippen molar-refractivity contribution in [2.75, 3.05) is 0 Å². The van der Waals surface area contributed by atoms with Crippen molar-refractivity contribution in [3.8, 4) is 28.6 Å². The fourth-order valence-corrected chi connectivity index (χ4v) is 4.93. The lowest BCUT2D eigenvalue weighted by molar-refractivity contribution is 0.457. The van der Waals surface area contributed by atoms with Gasteiger partial charge in [0, 0.05) is 47.4 Å². The van der Waals surface area contributed by atoms with Gasteiger partial charge in [-0.1, -0.05) is 59.7 Å². The van der Waals surface area contributed by atoms with Crippen LogP contribution in [0.25, 0.3) is 38.9 Å². The Morgan fingerprint density at radius 2 is 1.35 bits per heavy atom. The first-order valence-corrected chi connectivity index (χ1v) is 13.5. The quantitative estimate of drug-likeness (QED) is 0.230. The third-order valence-corrected chi connectivity index (χ3v) is 7.22. The average Bonchev–Trinajstić information content (AvgIpc) is 3.26. The number of aromatic nitrogens is 5. The maximum Gasteiger partial charge on any atom is 0.219 e. The zero-order chi connectivity index (χ0) is 28.1. The first-order chi connectivity index (χ1) is 19.1. The third-order valence-electron chi connectivity index (χ3n) is 7.22. The van der Waals surface area contributed by atoms with Crippen LogP contribution < -0.4 is 4.74 Å². The zero-order valence-electron chi connectivity index (χ0n) is 23.8. The number of rotatable bonds is 4. The van der Waals surface area contributed by atoms with E-state index in [1.54, 1.807) is 12.4 Å². The van der Waals surface area contributed by atoms with Gasteiger partial charge in [0.15, 0.2) is 0 Å². The summed E-state index contributed by atoms with van der Waals surface area (Å²) in [6.45, 7) is 13.2. The van der Waals surface area contributed by atoms with Crippen molar-refractivity contribution in [2.24, 2.45) is 0 Å². The van der Waals surface area contributed by atoms with Crippen molar-refractivity contribution in [1.29, 1.82) is 0 Å². The first kappa shape index (κ1) is 25.7. The molecular weight excluding hydrogens is 494 g/mol. The molecule has 0 aliphatic heterocycles. The molecule has 200 valence electrons. The number of benzene rings is 1. The Labute approximate surface area is 234 Å². The van der Waals surface area contributed by atoms with Gasteiger partial charge in [-0.25, -0.2) is 9.97 Å². The Kier molecular flexibility index (Phi) is 6.14. The summed E-state index contributed by atoms with van der Waals surface area (Å²) >= 11 is 0. The van der Waals surface area contributed by atoms with Gasteiger partial charge in [0.2, 0.25) is 5.88 Å². The Balaban J connectivity index is 1.45. The number of nitrogens with zero attached hydrogens (tertiary/aromatic N) is 5. The highest BCUT2D eigenvalue weighted by atomic mass is 16.5. The minimum absolute atomic E-state index is 0.00193. The van der Waals surface area contributed by atoms with E-state index in [0.29, 0.717) is 11.6 Å². The van der Waals surface area contributed by atoms with Crippen molar-refractivity contribution in [3.05, 3.63) is 103 Å². The van der Waals surface area contributed by atoms with Crippen molar-refractivity contribution >= 4 is 21.9 Å². The molecule has 6 nitrogen and oxygen atoms in total. The van der Waals surface area contributed by atoms with E-state index in [1.165, 1.54) is 5.56 Å². The third kappa shape index (κ3) is 4.81. The number of hydrogen-bond acceptors (Lipinski definition) is 5. The number of ether oxygens (including phenoxy) is 1. The summed E-state index contributed by atoms with van der Waals surface area (Å²) in [5.74, 6) is 2.04. The summed E-state index contributed by atoms with van der Waals surface area (Å²) in [5, 5.41) is 1.09. The average molecular weight is 528 g/mol. The second-order valence-electron chi connectivity index (χ2n) is 12.2. The van der Waals surface area contributed by atoms with E-state index >= 15 is 0 Å². The fourth-order valence-electron chi connectivity index (χ4n) is 4.93. The lowest BCUT2D eigenvalue weighted by Gasteiger charge is -2.20. The van der Waals surface area contributed by atoms with E-state index < -0.39 is 0 Å². The predicted molar refractivity (Wildman–Crippen MR) is 161 cm³/mol. The summed E-state index contributed by atoms with van der Waals surface area (Å²) in [4.78, 5) is 18.6. The highest BCUT2D eigenvalue weighted by molar-refractivity contribution is 6.07. The van der Waals surface area contributed by atoms with Crippen LogP contribution in [-0.2, 0) is 10.8 Å². The minimum Gasteiger partial charge on any atom is -0.437 e. The Morgan fingerprint density at radius 3 is 2.12 bits per heavy atom. The van der Waals surface area contributed by atoms with E-state index in [0.717, 1.165) is 44.4 Å². The van der Waals surface area contributed by atoms with Crippen LogP contribution in [-0.4, -0.2) is 24.5 Å². The summed E-state index contributed by atoms with van der Waals surface area (Å²) in [6.07, 6.45) is 9.12. The Bertz CT molecular complexity index is 1860. The first-order valence-electron chi connectivity index (χ1n) is 13.5. The smallest absolute Gasteiger partial charge is 0.219 e. The molecule has 0 aliphatic carbocycles. The molecule has 0 bridgehead atoms. The molecule has 6 rings (SSSR count). The molecule has 0 fully saturated rings. The summed E-state index contributed by atoms with van der Waals surface area (Å²) in [5.41, 5.74) is 7.24. The Morgan fingerprint density at radius 1 is 0.650 bits per heavy atom.